The van der Waals surface area contributed by atoms with Crippen LogP contribution < -0.4 is 14.8 Å². The highest BCUT2D eigenvalue weighted by atomic mass is 32.2. The number of methoxy groups -OCH3 is 1. The smallest absolute Gasteiger partial charge is 0.265 e. The summed E-state index contributed by atoms with van der Waals surface area (Å²) in [4.78, 5) is 26.2. The zero-order valence-electron chi connectivity index (χ0n) is 19.3. The summed E-state index contributed by atoms with van der Waals surface area (Å²) < 4.78 is 38.8. The Labute approximate surface area is 199 Å². The molecule has 0 bridgehead atoms. The first-order chi connectivity index (χ1) is 16.2. The van der Waals surface area contributed by atoms with Crippen molar-refractivity contribution in [2.75, 3.05) is 38.6 Å². The monoisotopic (exact) mass is 485 g/mol. The van der Waals surface area contributed by atoms with Crippen molar-refractivity contribution in [2.45, 2.75) is 24.8 Å². The zero-order valence-corrected chi connectivity index (χ0v) is 20.1. The molecule has 34 heavy (non-hydrogen) atoms. The third-order valence-electron chi connectivity index (χ3n) is 5.91. The molecule has 0 radical (unpaired) electrons. The molecule has 0 aromatic heterocycles. The number of aryl methyl sites for hydroxylation is 1. The van der Waals surface area contributed by atoms with Crippen LogP contribution in [0.4, 0.5) is 5.69 Å². The van der Waals surface area contributed by atoms with Crippen LogP contribution in [-0.2, 0) is 19.6 Å². The Kier molecular flexibility index (Phi) is 6.63. The van der Waals surface area contributed by atoms with Crippen molar-refractivity contribution in [2.24, 2.45) is 0 Å². The molecule has 1 N–H and O–H groups in total. The number of amides is 2. The summed E-state index contributed by atoms with van der Waals surface area (Å²) >= 11 is 0. The largest absolute Gasteiger partial charge is 0.497 e. The van der Waals surface area contributed by atoms with Gasteiger partial charge in [-0.2, -0.15) is 4.31 Å². The van der Waals surface area contributed by atoms with Gasteiger partial charge in [0.25, 0.3) is 5.91 Å². The normalized spacial score (nSPS) is 18.9. The van der Waals surface area contributed by atoms with E-state index in [4.69, 9.17) is 9.47 Å². The van der Waals surface area contributed by atoms with Gasteiger partial charge in [-0.1, -0.05) is 12.1 Å². The standard InChI is InChI=1S/C24H27N3O6S/c1-16-14-20-21(33-17(2)24(29)25-20)15-22(16)34(30,31)27-12-10-26(11-13-27)23(28)9-6-18-4-7-19(32-3)8-5-18/h4-9,14-15,17H,10-13H2,1-3H3,(H,25,29). The molecule has 9 nitrogen and oxygen atoms in total. The molecule has 2 heterocycles. The lowest BCUT2D eigenvalue weighted by Gasteiger charge is -2.34. The lowest BCUT2D eigenvalue weighted by Crippen LogP contribution is -2.50. The molecule has 2 aromatic rings. The summed E-state index contributed by atoms with van der Waals surface area (Å²) in [6.07, 6.45) is 2.51. The van der Waals surface area contributed by atoms with E-state index in [1.54, 1.807) is 38.0 Å². The average molecular weight is 486 g/mol. The molecule has 1 unspecified atom stereocenters. The van der Waals surface area contributed by atoms with Crippen molar-refractivity contribution in [3.05, 3.63) is 53.6 Å². The number of hydrogen-bond acceptors (Lipinski definition) is 6. The molecule has 4 rings (SSSR count). The Morgan fingerprint density at radius 3 is 2.47 bits per heavy atom. The SMILES string of the molecule is COc1ccc(C=CC(=O)N2CCN(S(=O)(=O)c3cc4c(cc3C)NC(=O)C(C)O4)CC2)cc1. The first-order valence-electron chi connectivity index (χ1n) is 10.9. The number of carbonyl (C=O) groups is 2. The van der Waals surface area contributed by atoms with Crippen molar-refractivity contribution in [3.8, 4) is 11.5 Å². The molecule has 2 aromatic carbocycles. The highest BCUT2D eigenvalue weighted by Gasteiger charge is 2.33. The Hall–Kier alpha value is -3.37. The summed E-state index contributed by atoms with van der Waals surface area (Å²) in [5.41, 5.74) is 1.84. The number of nitrogens with one attached hydrogen (secondary N) is 1. The van der Waals surface area contributed by atoms with Crippen LogP contribution in [0.15, 0.2) is 47.4 Å². The van der Waals surface area contributed by atoms with Crippen molar-refractivity contribution in [1.82, 2.24) is 9.21 Å². The van der Waals surface area contributed by atoms with E-state index in [1.807, 2.05) is 24.3 Å². The number of hydrogen-bond donors (Lipinski definition) is 1. The van der Waals surface area contributed by atoms with Crippen molar-refractivity contribution >= 4 is 33.6 Å². The second kappa shape index (κ2) is 9.47. The van der Waals surface area contributed by atoms with Crippen LogP contribution in [0.3, 0.4) is 0 Å². The molecule has 1 saturated heterocycles. The molecule has 2 amide bonds. The minimum Gasteiger partial charge on any atom is -0.497 e. The third-order valence-corrected chi connectivity index (χ3v) is 7.95. The Bertz CT molecular complexity index is 1230. The first-order valence-corrected chi connectivity index (χ1v) is 12.4. The fraction of sp³-hybridized carbons (Fsp3) is 0.333. The van der Waals surface area contributed by atoms with E-state index in [2.05, 4.69) is 5.32 Å². The molecule has 0 aliphatic carbocycles. The highest BCUT2D eigenvalue weighted by molar-refractivity contribution is 7.89. The summed E-state index contributed by atoms with van der Waals surface area (Å²) in [6.45, 7) is 4.24. The molecule has 1 atom stereocenters. The number of ether oxygens (including phenoxy) is 2. The predicted molar refractivity (Wildman–Crippen MR) is 127 cm³/mol. The number of benzene rings is 2. The van der Waals surface area contributed by atoms with Crippen molar-refractivity contribution < 1.29 is 27.5 Å². The maximum Gasteiger partial charge on any atom is 0.265 e. The zero-order chi connectivity index (χ0) is 24.5. The van der Waals surface area contributed by atoms with Gasteiger partial charge in [-0.3, -0.25) is 9.59 Å². The van der Waals surface area contributed by atoms with Gasteiger partial charge in [-0.05, 0) is 49.2 Å². The quantitative estimate of drug-likeness (QED) is 0.652. The van der Waals surface area contributed by atoms with Crippen molar-refractivity contribution in [3.63, 3.8) is 0 Å². The third kappa shape index (κ3) is 4.78. The van der Waals surface area contributed by atoms with Crippen LogP contribution in [0.25, 0.3) is 6.08 Å². The summed E-state index contributed by atoms with van der Waals surface area (Å²) in [7, 11) is -2.20. The molecule has 0 spiro atoms. The number of sulfonamides is 1. The second-order valence-corrected chi connectivity index (χ2v) is 10.1. The minimum atomic E-state index is -3.80. The van der Waals surface area contributed by atoms with E-state index in [0.717, 1.165) is 11.3 Å². The van der Waals surface area contributed by atoms with Crippen LogP contribution in [0.1, 0.15) is 18.1 Å². The Morgan fingerprint density at radius 1 is 1.15 bits per heavy atom. The second-order valence-electron chi connectivity index (χ2n) is 8.20. The van der Waals surface area contributed by atoms with Gasteiger partial charge in [0.05, 0.1) is 17.7 Å². The minimum absolute atomic E-state index is 0.133. The summed E-state index contributed by atoms with van der Waals surface area (Å²) in [5, 5.41) is 2.73. The van der Waals surface area contributed by atoms with Gasteiger partial charge in [0.15, 0.2) is 6.10 Å². The Balaban J connectivity index is 1.42. The maximum atomic E-state index is 13.3. The van der Waals surface area contributed by atoms with Gasteiger partial charge in [0.2, 0.25) is 15.9 Å². The number of fused-ring (bicyclic) bond motifs is 1. The lowest BCUT2D eigenvalue weighted by atomic mass is 10.1. The summed E-state index contributed by atoms with van der Waals surface area (Å²) in [5.74, 6) is 0.620. The van der Waals surface area contributed by atoms with Gasteiger partial charge in [0.1, 0.15) is 11.5 Å². The molecular formula is C24H27N3O6S. The first kappa shape index (κ1) is 23.8. The number of rotatable bonds is 5. The van der Waals surface area contributed by atoms with Crippen LogP contribution in [0, 0.1) is 6.92 Å². The fourth-order valence-corrected chi connectivity index (χ4v) is 5.54. The molecule has 180 valence electrons. The fourth-order valence-electron chi connectivity index (χ4n) is 3.90. The molecule has 10 heteroatoms. The predicted octanol–water partition coefficient (Wildman–Crippen LogP) is 2.27. The van der Waals surface area contributed by atoms with E-state index in [1.165, 1.54) is 16.4 Å². The number of piperazine rings is 1. The van der Waals surface area contributed by atoms with Gasteiger partial charge >= 0.3 is 0 Å². The topological polar surface area (TPSA) is 105 Å². The van der Waals surface area contributed by atoms with Gasteiger partial charge in [0, 0.05) is 38.3 Å². The van der Waals surface area contributed by atoms with E-state index in [-0.39, 0.29) is 29.8 Å². The van der Waals surface area contributed by atoms with Crippen LogP contribution in [0.2, 0.25) is 0 Å². The number of anilines is 1. The lowest BCUT2D eigenvalue weighted by molar-refractivity contribution is -0.127. The molecular weight excluding hydrogens is 458 g/mol. The van der Waals surface area contributed by atoms with E-state index >= 15 is 0 Å². The van der Waals surface area contributed by atoms with Gasteiger partial charge < -0.3 is 19.7 Å². The number of nitrogens with zero attached hydrogens (tertiary/aromatic N) is 2. The molecule has 1 fully saturated rings. The maximum absolute atomic E-state index is 13.3. The van der Waals surface area contributed by atoms with Gasteiger partial charge in [-0.25, -0.2) is 8.42 Å². The molecule has 2 aliphatic rings. The Morgan fingerprint density at radius 2 is 1.82 bits per heavy atom. The van der Waals surface area contributed by atoms with Crippen LogP contribution in [0.5, 0.6) is 11.5 Å². The van der Waals surface area contributed by atoms with E-state index in [9.17, 15) is 18.0 Å². The van der Waals surface area contributed by atoms with Crippen molar-refractivity contribution in [1.29, 1.82) is 0 Å². The van der Waals surface area contributed by atoms with Crippen LogP contribution in [-0.4, -0.2) is 68.8 Å². The van der Waals surface area contributed by atoms with Crippen LogP contribution >= 0.6 is 0 Å². The van der Waals surface area contributed by atoms with E-state index in [0.29, 0.717) is 30.1 Å². The van der Waals surface area contributed by atoms with Gasteiger partial charge in [-0.15, -0.1) is 0 Å². The highest BCUT2D eigenvalue weighted by Crippen LogP contribution is 2.35. The average Bonchev–Trinajstić information content (AvgIpc) is 2.83. The van der Waals surface area contributed by atoms with E-state index < -0.39 is 16.1 Å². The molecule has 0 saturated carbocycles. The summed E-state index contributed by atoms with van der Waals surface area (Å²) in [6, 6.07) is 10.4. The number of carbonyl (C=O) groups excluding carboxylic acids is 2. The molecule has 2 aliphatic heterocycles.